The average molecular weight is 343 g/mol. The van der Waals surface area contributed by atoms with Crippen LogP contribution in [0.1, 0.15) is 75.7 Å². The van der Waals surface area contributed by atoms with E-state index in [-0.39, 0.29) is 5.41 Å². The van der Waals surface area contributed by atoms with Gasteiger partial charge in [-0.05, 0) is 41.6 Å². The first kappa shape index (κ1) is 17.1. The Labute approximate surface area is 149 Å². The van der Waals surface area contributed by atoms with Gasteiger partial charge in [-0.3, -0.25) is 5.10 Å². The zero-order valence-corrected chi connectivity index (χ0v) is 15.6. The van der Waals surface area contributed by atoms with E-state index in [4.69, 9.17) is 12.2 Å². The predicted octanol–water partition coefficient (Wildman–Crippen LogP) is 5.17. The molecule has 1 aliphatic carbocycles. The van der Waals surface area contributed by atoms with Crippen molar-refractivity contribution in [3.63, 3.8) is 0 Å². The molecule has 1 N–H and O–H groups in total. The van der Waals surface area contributed by atoms with E-state index < -0.39 is 0 Å². The SMILES string of the molecule is CC(C)(C)c1ccc(C=Nn2c(C3CCCCC3)n[nH]c2=S)cc1. The molecule has 1 heterocycles. The molecule has 128 valence electrons. The Kier molecular flexibility index (Phi) is 4.99. The third kappa shape index (κ3) is 3.83. The molecular formula is C19H26N4S. The van der Waals surface area contributed by atoms with Crippen LogP contribution in [0.15, 0.2) is 29.4 Å². The van der Waals surface area contributed by atoms with Gasteiger partial charge in [-0.2, -0.15) is 14.9 Å². The van der Waals surface area contributed by atoms with E-state index in [0.717, 1.165) is 11.4 Å². The van der Waals surface area contributed by atoms with Crippen LogP contribution in [0.4, 0.5) is 0 Å². The highest BCUT2D eigenvalue weighted by molar-refractivity contribution is 7.71. The van der Waals surface area contributed by atoms with Crippen molar-refractivity contribution in [2.75, 3.05) is 0 Å². The first-order chi connectivity index (χ1) is 11.4. The fourth-order valence-corrected chi connectivity index (χ4v) is 3.42. The highest BCUT2D eigenvalue weighted by Gasteiger charge is 2.21. The Balaban J connectivity index is 1.82. The first-order valence-corrected chi connectivity index (χ1v) is 9.18. The molecular weight excluding hydrogens is 316 g/mol. The number of hydrogen-bond donors (Lipinski definition) is 1. The summed E-state index contributed by atoms with van der Waals surface area (Å²) in [5.41, 5.74) is 2.56. The Morgan fingerprint density at radius 3 is 2.46 bits per heavy atom. The van der Waals surface area contributed by atoms with Crippen molar-refractivity contribution in [2.24, 2.45) is 5.10 Å². The second-order valence-electron chi connectivity index (χ2n) is 7.65. The maximum Gasteiger partial charge on any atom is 0.216 e. The van der Waals surface area contributed by atoms with E-state index in [1.165, 1.54) is 37.7 Å². The second-order valence-corrected chi connectivity index (χ2v) is 8.04. The standard InChI is InChI=1S/C19H26N4S/c1-19(2,3)16-11-9-14(10-12-16)13-20-23-17(21-22-18(23)24)15-7-5-4-6-8-15/h9-13,15H,4-8H2,1-3H3,(H,22,24). The molecule has 5 heteroatoms. The van der Waals surface area contributed by atoms with E-state index in [1.807, 2.05) is 6.21 Å². The molecule has 0 spiro atoms. The lowest BCUT2D eigenvalue weighted by atomic mass is 9.87. The number of hydrogen-bond acceptors (Lipinski definition) is 3. The van der Waals surface area contributed by atoms with Gasteiger partial charge < -0.3 is 0 Å². The van der Waals surface area contributed by atoms with Crippen LogP contribution in [0.5, 0.6) is 0 Å². The molecule has 2 aromatic rings. The first-order valence-electron chi connectivity index (χ1n) is 8.77. The zero-order chi connectivity index (χ0) is 17.2. The summed E-state index contributed by atoms with van der Waals surface area (Å²) in [6.45, 7) is 6.66. The lowest BCUT2D eigenvalue weighted by Gasteiger charge is -2.20. The van der Waals surface area contributed by atoms with E-state index in [1.54, 1.807) is 4.68 Å². The van der Waals surface area contributed by atoms with Crippen molar-refractivity contribution in [3.05, 3.63) is 46.0 Å². The lowest BCUT2D eigenvalue weighted by Crippen LogP contribution is -2.11. The molecule has 1 aliphatic rings. The van der Waals surface area contributed by atoms with Gasteiger partial charge in [-0.1, -0.05) is 64.3 Å². The van der Waals surface area contributed by atoms with Gasteiger partial charge >= 0.3 is 0 Å². The molecule has 24 heavy (non-hydrogen) atoms. The normalized spacial score (nSPS) is 16.8. The van der Waals surface area contributed by atoms with Gasteiger partial charge in [-0.25, -0.2) is 0 Å². The number of aromatic nitrogens is 3. The number of nitrogens with one attached hydrogen (secondary N) is 1. The average Bonchev–Trinajstić information content (AvgIpc) is 2.94. The van der Waals surface area contributed by atoms with Crippen LogP contribution in [0.25, 0.3) is 0 Å². The van der Waals surface area contributed by atoms with Crippen molar-refractivity contribution in [1.82, 2.24) is 14.9 Å². The maximum atomic E-state index is 5.36. The van der Waals surface area contributed by atoms with E-state index in [0.29, 0.717) is 10.7 Å². The summed E-state index contributed by atoms with van der Waals surface area (Å²) in [5.74, 6) is 1.44. The molecule has 0 unspecified atom stereocenters. The largest absolute Gasteiger partial charge is 0.250 e. The molecule has 1 aromatic heterocycles. The number of nitrogens with zero attached hydrogens (tertiary/aromatic N) is 3. The van der Waals surface area contributed by atoms with E-state index in [9.17, 15) is 0 Å². The van der Waals surface area contributed by atoms with Gasteiger partial charge in [0.05, 0.1) is 6.21 Å². The Morgan fingerprint density at radius 1 is 1.17 bits per heavy atom. The van der Waals surface area contributed by atoms with Gasteiger partial charge in [0.2, 0.25) is 4.77 Å². The fourth-order valence-electron chi connectivity index (χ4n) is 3.23. The molecule has 1 fully saturated rings. The summed E-state index contributed by atoms with van der Waals surface area (Å²) in [6.07, 6.45) is 8.07. The van der Waals surface area contributed by atoms with Crippen LogP contribution in [0, 0.1) is 4.77 Å². The van der Waals surface area contributed by atoms with E-state index in [2.05, 4.69) is 60.3 Å². The monoisotopic (exact) mass is 342 g/mol. The minimum atomic E-state index is 0.164. The predicted molar refractivity (Wildman–Crippen MR) is 101 cm³/mol. The van der Waals surface area contributed by atoms with Gasteiger partial charge in [0.15, 0.2) is 5.82 Å². The summed E-state index contributed by atoms with van der Waals surface area (Å²) in [5, 5.41) is 11.9. The van der Waals surface area contributed by atoms with Crippen LogP contribution in [0.3, 0.4) is 0 Å². The van der Waals surface area contributed by atoms with Crippen LogP contribution in [-0.2, 0) is 5.41 Å². The molecule has 0 amide bonds. The summed E-state index contributed by atoms with van der Waals surface area (Å²) in [7, 11) is 0. The Morgan fingerprint density at radius 2 is 1.83 bits per heavy atom. The zero-order valence-electron chi connectivity index (χ0n) is 14.7. The van der Waals surface area contributed by atoms with Gasteiger partial charge in [0.25, 0.3) is 0 Å². The number of rotatable bonds is 3. The molecule has 0 aliphatic heterocycles. The number of H-pyrrole nitrogens is 1. The molecule has 0 radical (unpaired) electrons. The molecule has 1 aromatic carbocycles. The molecule has 4 nitrogen and oxygen atoms in total. The third-order valence-electron chi connectivity index (χ3n) is 4.74. The third-order valence-corrected chi connectivity index (χ3v) is 5.01. The number of benzene rings is 1. The molecule has 3 rings (SSSR count). The topological polar surface area (TPSA) is 46.0 Å². The van der Waals surface area contributed by atoms with Crippen molar-refractivity contribution in [2.45, 2.75) is 64.2 Å². The van der Waals surface area contributed by atoms with Gasteiger partial charge in [0.1, 0.15) is 0 Å². The summed E-state index contributed by atoms with van der Waals surface area (Å²) >= 11 is 5.36. The Hall–Kier alpha value is -1.75. The van der Waals surface area contributed by atoms with Gasteiger partial charge in [-0.15, -0.1) is 0 Å². The van der Waals surface area contributed by atoms with Gasteiger partial charge in [0, 0.05) is 5.92 Å². The number of aromatic amines is 1. The molecule has 0 saturated heterocycles. The van der Waals surface area contributed by atoms with Crippen LogP contribution >= 0.6 is 12.2 Å². The highest BCUT2D eigenvalue weighted by Crippen LogP contribution is 2.31. The minimum Gasteiger partial charge on any atom is -0.250 e. The molecule has 0 atom stereocenters. The lowest BCUT2D eigenvalue weighted by molar-refractivity contribution is 0.419. The van der Waals surface area contributed by atoms with Crippen molar-refractivity contribution >= 4 is 18.4 Å². The second kappa shape index (κ2) is 7.01. The fraction of sp³-hybridized carbons (Fsp3) is 0.526. The van der Waals surface area contributed by atoms with Crippen LogP contribution in [0.2, 0.25) is 0 Å². The van der Waals surface area contributed by atoms with Crippen molar-refractivity contribution in [1.29, 1.82) is 0 Å². The highest BCUT2D eigenvalue weighted by atomic mass is 32.1. The summed E-state index contributed by atoms with van der Waals surface area (Å²) in [6, 6.07) is 8.54. The molecule has 0 bridgehead atoms. The minimum absolute atomic E-state index is 0.164. The summed E-state index contributed by atoms with van der Waals surface area (Å²) in [4.78, 5) is 0. The van der Waals surface area contributed by atoms with Crippen LogP contribution < -0.4 is 0 Å². The summed E-state index contributed by atoms with van der Waals surface area (Å²) < 4.78 is 2.36. The quantitative estimate of drug-likeness (QED) is 0.618. The van der Waals surface area contributed by atoms with E-state index >= 15 is 0 Å². The smallest absolute Gasteiger partial charge is 0.216 e. The van der Waals surface area contributed by atoms with Crippen molar-refractivity contribution in [3.8, 4) is 0 Å². The Bertz CT molecular complexity index is 756. The van der Waals surface area contributed by atoms with Crippen LogP contribution in [-0.4, -0.2) is 21.1 Å². The molecule has 1 saturated carbocycles. The maximum absolute atomic E-state index is 5.36. The van der Waals surface area contributed by atoms with Crippen molar-refractivity contribution < 1.29 is 0 Å².